The SMILES string of the molecule is CCO[C@H]1CC[C@H](N(c2cc(C#CC(C)(C)C)sc2C(=O)OC)C(=O)[C@H]2CC[C@H](C)CC2)CC1. The molecule has 0 bridgehead atoms. The van der Waals surface area contributed by atoms with Crippen LogP contribution in [-0.4, -0.2) is 37.7 Å². The molecule has 2 aliphatic rings. The van der Waals surface area contributed by atoms with E-state index in [0.717, 1.165) is 56.2 Å². The Morgan fingerprint density at radius 3 is 2.29 bits per heavy atom. The number of carbonyl (C=O) groups is 2. The molecule has 0 radical (unpaired) electrons. The molecule has 1 aromatic rings. The zero-order valence-electron chi connectivity index (χ0n) is 21.7. The van der Waals surface area contributed by atoms with Crippen LogP contribution >= 0.6 is 11.3 Å². The fraction of sp³-hybridized carbons (Fsp3) is 0.714. The Kier molecular flexibility index (Phi) is 9.23. The molecule has 0 aromatic carbocycles. The third kappa shape index (κ3) is 6.86. The Morgan fingerprint density at radius 1 is 1.09 bits per heavy atom. The lowest BCUT2D eigenvalue weighted by Crippen LogP contribution is -2.47. The Hall–Kier alpha value is -1.84. The highest BCUT2D eigenvalue weighted by Gasteiger charge is 2.37. The first-order chi connectivity index (χ1) is 16.1. The summed E-state index contributed by atoms with van der Waals surface area (Å²) >= 11 is 1.33. The summed E-state index contributed by atoms with van der Waals surface area (Å²) in [6.45, 7) is 11.2. The fourth-order valence-electron chi connectivity index (χ4n) is 5.01. The number of thiophene rings is 1. The Morgan fingerprint density at radius 2 is 1.74 bits per heavy atom. The minimum absolute atomic E-state index is 0.00956. The summed E-state index contributed by atoms with van der Waals surface area (Å²) in [6.07, 6.45) is 7.85. The molecule has 2 aliphatic carbocycles. The third-order valence-corrected chi connectivity index (χ3v) is 7.94. The van der Waals surface area contributed by atoms with Gasteiger partial charge >= 0.3 is 5.97 Å². The molecule has 6 heteroatoms. The summed E-state index contributed by atoms with van der Waals surface area (Å²) in [4.78, 5) is 30.0. The van der Waals surface area contributed by atoms with E-state index in [1.165, 1.54) is 18.4 Å². The van der Waals surface area contributed by atoms with Crippen LogP contribution in [-0.2, 0) is 14.3 Å². The quantitative estimate of drug-likeness (QED) is 0.342. The highest BCUT2D eigenvalue weighted by Crippen LogP contribution is 2.39. The van der Waals surface area contributed by atoms with Gasteiger partial charge in [-0.1, -0.05) is 18.8 Å². The summed E-state index contributed by atoms with van der Waals surface area (Å²) in [5.74, 6) is 6.93. The lowest BCUT2D eigenvalue weighted by Gasteiger charge is -2.39. The largest absolute Gasteiger partial charge is 0.465 e. The first-order valence-electron chi connectivity index (χ1n) is 12.8. The minimum Gasteiger partial charge on any atom is -0.465 e. The molecule has 0 spiro atoms. The number of ether oxygens (including phenoxy) is 2. The average molecular weight is 488 g/mol. The molecular formula is C28H41NO4S. The van der Waals surface area contributed by atoms with E-state index in [9.17, 15) is 9.59 Å². The van der Waals surface area contributed by atoms with Crippen LogP contribution in [0.1, 0.15) is 101 Å². The van der Waals surface area contributed by atoms with Crippen molar-refractivity contribution in [1.82, 2.24) is 0 Å². The number of amides is 1. The van der Waals surface area contributed by atoms with E-state index >= 15 is 0 Å². The molecule has 5 nitrogen and oxygen atoms in total. The van der Waals surface area contributed by atoms with Crippen LogP contribution in [0.5, 0.6) is 0 Å². The second kappa shape index (κ2) is 11.7. The molecular weight excluding hydrogens is 446 g/mol. The van der Waals surface area contributed by atoms with E-state index in [4.69, 9.17) is 9.47 Å². The summed E-state index contributed by atoms with van der Waals surface area (Å²) in [6, 6.07) is 2.00. The van der Waals surface area contributed by atoms with Crippen molar-refractivity contribution in [3.63, 3.8) is 0 Å². The topological polar surface area (TPSA) is 55.8 Å². The van der Waals surface area contributed by atoms with E-state index < -0.39 is 5.97 Å². The number of rotatable bonds is 6. The normalized spacial score (nSPS) is 25.2. The second-order valence-electron chi connectivity index (χ2n) is 10.9. The number of esters is 1. The van der Waals surface area contributed by atoms with Crippen LogP contribution < -0.4 is 4.90 Å². The number of methoxy groups -OCH3 is 1. The first-order valence-corrected chi connectivity index (χ1v) is 13.6. The lowest BCUT2D eigenvalue weighted by atomic mass is 9.81. The van der Waals surface area contributed by atoms with E-state index in [2.05, 4.69) is 39.5 Å². The van der Waals surface area contributed by atoms with Gasteiger partial charge in [0.25, 0.3) is 0 Å². The highest BCUT2D eigenvalue weighted by molar-refractivity contribution is 7.15. The monoisotopic (exact) mass is 487 g/mol. The van der Waals surface area contributed by atoms with Gasteiger partial charge < -0.3 is 14.4 Å². The van der Waals surface area contributed by atoms with Crippen molar-refractivity contribution in [2.45, 2.75) is 98.1 Å². The Bertz CT molecular complexity index is 903. The smallest absolute Gasteiger partial charge is 0.350 e. The molecule has 0 unspecified atom stereocenters. The summed E-state index contributed by atoms with van der Waals surface area (Å²) in [5, 5.41) is 0. The number of hydrogen-bond acceptors (Lipinski definition) is 5. The van der Waals surface area contributed by atoms with Crippen molar-refractivity contribution in [3.05, 3.63) is 15.8 Å². The maximum Gasteiger partial charge on any atom is 0.350 e. The maximum atomic E-state index is 14.0. The molecule has 34 heavy (non-hydrogen) atoms. The van der Waals surface area contributed by atoms with Crippen molar-refractivity contribution >= 4 is 28.9 Å². The van der Waals surface area contributed by atoms with Crippen molar-refractivity contribution in [2.24, 2.45) is 17.3 Å². The van der Waals surface area contributed by atoms with Gasteiger partial charge in [-0.2, -0.15) is 0 Å². The van der Waals surface area contributed by atoms with Crippen molar-refractivity contribution in [1.29, 1.82) is 0 Å². The van der Waals surface area contributed by atoms with Gasteiger partial charge in [0.2, 0.25) is 5.91 Å². The van der Waals surface area contributed by atoms with Gasteiger partial charge in [-0.3, -0.25) is 4.79 Å². The van der Waals surface area contributed by atoms with E-state index in [1.54, 1.807) is 0 Å². The molecule has 0 aliphatic heterocycles. The van der Waals surface area contributed by atoms with E-state index in [-0.39, 0.29) is 29.4 Å². The van der Waals surface area contributed by atoms with Crippen LogP contribution in [0.4, 0.5) is 5.69 Å². The van der Waals surface area contributed by atoms with E-state index in [1.807, 2.05) is 17.9 Å². The molecule has 2 fully saturated rings. The molecule has 1 amide bonds. The van der Waals surface area contributed by atoms with Crippen LogP contribution in [0.3, 0.4) is 0 Å². The Labute approximate surface area is 209 Å². The number of anilines is 1. The van der Waals surface area contributed by atoms with Gasteiger partial charge in [-0.15, -0.1) is 11.3 Å². The molecule has 0 atom stereocenters. The van der Waals surface area contributed by atoms with Crippen molar-refractivity contribution in [3.8, 4) is 11.8 Å². The lowest BCUT2D eigenvalue weighted by molar-refractivity contribution is -0.124. The summed E-state index contributed by atoms with van der Waals surface area (Å²) < 4.78 is 11.0. The predicted octanol–water partition coefficient (Wildman–Crippen LogP) is 6.44. The second-order valence-corrected chi connectivity index (χ2v) is 11.9. The number of nitrogens with zero attached hydrogens (tertiary/aromatic N) is 1. The molecule has 1 heterocycles. The van der Waals surface area contributed by atoms with E-state index in [0.29, 0.717) is 23.1 Å². The summed E-state index contributed by atoms with van der Waals surface area (Å²) in [5.41, 5.74) is 0.528. The maximum absolute atomic E-state index is 14.0. The predicted molar refractivity (Wildman–Crippen MR) is 138 cm³/mol. The van der Waals surface area contributed by atoms with Gasteiger partial charge in [0.15, 0.2) is 0 Å². The summed E-state index contributed by atoms with van der Waals surface area (Å²) in [7, 11) is 1.40. The molecule has 0 N–H and O–H groups in total. The van der Waals surface area contributed by atoms with Crippen molar-refractivity contribution in [2.75, 3.05) is 18.6 Å². The van der Waals surface area contributed by atoms with Crippen LogP contribution in [0.25, 0.3) is 0 Å². The van der Waals surface area contributed by atoms with Gasteiger partial charge in [-0.05, 0) is 91.0 Å². The minimum atomic E-state index is -0.401. The van der Waals surface area contributed by atoms with Gasteiger partial charge in [0, 0.05) is 24.0 Å². The van der Waals surface area contributed by atoms with Crippen LogP contribution in [0.2, 0.25) is 0 Å². The standard InChI is InChI=1S/C28H41NO4S/c1-7-33-22-14-12-21(13-15-22)29(26(30)20-10-8-19(2)9-11-20)24-18-23(16-17-28(3,4)5)34-25(24)27(31)32-6/h18-22H,7-15H2,1-6H3/t19-,20-,21-,22-. The van der Waals surface area contributed by atoms with Crippen molar-refractivity contribution < 1.29 is 19.1 Å². The molecule has 2 saturated carbocycles. The zero-order chi connectivity index (χ0) is 24.9. The van der Waals surface area contributed by atoms with Gasteiger partial charge in [-0.25, -0.2) is 4.79 Å². The van der Waals surface area contributed by atoms with Gasteiger partial charge in [0.1, 0.15) is 4.88 Å². The molecule has 188 valence electrons. The van der Waals surface area contributed by atoms with Crippen LogP contribution in [0.15, 0.2) is 6.07 Å². The zero-order valence-corrected chi connectivity index (χ0v) is 22.6. The first kappa shape index (κ1) is 26.8. The molecule has 3 rings (SSSR count). The fourth-order valence-corrected chi connectivity index (χ4v) is 5.94. The third-order valence-electron chi connectivity index (χ3n) is 6.92. The van der Waals surface area contributed by atoms with Gasteiger partial charge in [0.05, 0.1) is 23.8 Å². The number of hydrogen-bond donors (Lipinski definition) is 0. The number of carbonyl (C=O) groups excluding carboxylic acids is 2. The highest BCUT2D eigenvalue weighted by atomic mass is 32.1. The average Bonchev–Trinajstić information content (AvgIpc) is 3.22. The Balaban J connectivity index is 1.99. The molecule has 0 saturated heterocycles. The van der Waals surface area contributed by atoms with Crippen LogP contribution in [0, 0.1) is 29.1 Å². The molecule has 1 aromatic heterocycles.